The van der Waals surface area contributed by atoms with E-state index in [0.29, 0.717) is 22.5 Å². The molecule has 0 aromatic heterocycles. The van der Waals surface area contributed by atoms with Gasteiger partial charge in [-0.15, -0.1) is 0 Å². The highest BCUT2D eigenvalue weighted by molar-refractivity contribution is 9.09. The van der Waals surface area contributed by atoms with Crippen LogP contribution in [0.15, 0.2) is 24.3 Å². The molecule has 1 aromatic carbocycles. The second-order valence-corrected chi connectivity index (χ2v) is 5.52. The summed E-state index contributed by atoms with van der Waals surface area (Å²) in [5.41, 5.74) is 0.676. The lowest BCUT2D eigenvalue weighted by molar-refractivity contribution is 0.0930. The third-order valence-corrected chi connectivity index (χ3v) is 4.36. The molecule has 2 nitrogen and oxygen atoms in total. The maximum absolute atomic E-state index is 12.0. The van der Waals surface area contributed by atoms with Gasteiger partial charge in [0.25, 0.3) is 5.91 Å². The number of amides is 1. The van der Waals surface area contributed by atoms with Crippen molar-refractivity contribution in [2.45, 2.75) is 25.3 Å². The molecular formula is C13H15BrClNO. The van der Waals surface area contributed by atoms with Crippen LogP contribution in [0.5, 0.6) is 0 Å². The smallest absolute Gasteiger partial charge is 0.251 e. The first-order valence-corrected chi connectivity index (χ1v) is 7.33. The fraction of sp³-hybridized carbons (Fsp3) is 0.462. The third kappa shape index (κ3) is 3.23. The number of alkyl halides is 1. The molecule has 1 aromatic rings. The van der Waals surface area contributed by atoms with E-state index in [0.717, 1.165) is 11.8 Å². The number of nitrogens with one attached hydrogen (secondary N) is 1. The molecule has 2 unspecified atom stereocenters. The monoisotopic (exact) mass is 315 g/mol. The minimum Gasteiger partial charge on any atom is -0.349 e. The molecule has 1 fully saturated rings. The number of rotatable bonds is 3. The molecule has 4 heteroatoms. The van der Waals surface area contributed by atoms with Gasteiger partial charge in [0.2, 0.25) is 0 Å². The lowest BCUT2D eigenvalue weighted by Crippen LogP contribution is -2.37. The summed E-state index contributed by atoms with van der Waals surface area (Å²) in [6.45, 7) is 0. The number of hydrogen-bond donors (Lipinski definition) is 1. The average molecular weight is 317 g/mol. The Hall–Kier alpha value is -0.540. The van der Waals surface area contributed by atoms with Gasteiger partial charge in [-0.05, 0) is 43.0 Å². The van der Waals surface area contributed by atoms with Crippen LogP contribution in [0.1, 0.15) is 29.6 Å². The van der Waals surface area contributed by atoms with Crippen LogP contribution in [0.4, 0.5) is 0 Å². The fourth-order valence-corrected chi connectivity index (χ4v) is 3.17. The van der Waals surface area contributed by atoms with Gasteiger partial charge in [0.05, 0.1) is 0 Å². The maximum atomic E-state index is 12.0. The van der Waals surface area contributed by atoms with E-state index in [1.165, 1.54) is 12.8 Å². The molecule has 1 amide bonds. The van der Waals surface area contributed by atoms with Crippen LogP contribution in [-0.2, 0) is 0 Å². The number of hydrogen-bond acceptors (Lipinski definition) is 1. The topological polar surface area (TPSA) is 29.1 Å². The van der Waals surface area contributed by atoms with Gasteiger partial charge in [0.15, 0.2) is 0 Å². The molecule has 17 heavy (non-hydrogen) atoms. The quantitative estimate of drug-likeness (QED) is 0.848. The van der Waals surface area contributed by atoms with E-state index >= 15 is 0 Å². The molecule has 0 radical (unpaired) electrons. The first-order valence-electron chi connectivity index (χ1n) is 5.83. The van der Waals surface area contributed by atoms with Crippen molar-refractivity contribution in [3.8, 4) is 0 Å². The molecule has 92 valence electrons. The van der Waals surface area contributed by atoms with Gasteiger partial charge in [0, 0.05) is 22.0 Å². The fourth-order valence-electron chi connectivity index (χ4n) is 2.26. The van der Waals surface area contributed by atoms with Gasteiger partial charge in [-0.2, -0.15) is 0 Å². The molecule has 1 saturated carbocycles. The minimum atomic E-state index is -0.000448. The third-order valence-electron chi connectivity index (χ3n) is 3.28. The van der Waals surface area contributed by atoms with E-state index in [1.54, 1.807) is 24.3 Å². The van der Waals surface area contributed by atoms with E-state index in [-0.39, 0.29) is 5.91 Å². The Balaban J connectivity index is 1.99. The molecule has 2 rings (SSSR count). The number of carbonyl (C=O) groups excluding carboxylic acids is 1. The van der Waals surface area contributed by atoms with Crippen molar-refractivity contribution in [3.05, 3.63) is 34.9 Å². The summed E-state index contributed by atoms with van der Waals surface area (Å²) >= 11 is 9.30. The molecule has 0 spiro atoms. The molecule has 1 N–H and O–H groups in total. The predicted octanol–water partition coefficient (Wildman–Crippen LogP) is 3.63. The number of halogens is 2. The van der Waals surface area contributed by atoms with Gasteiger partial charge in [0.1, 0.15) is 0 Å². The van der Waals surface area contributed by atoms with E-state index in [1.807, 2.05) is 0 Å². The maximum Gasteiger partial charge on any atom is 0.251 e. The first kappa shape index (κ1) is 12.9. The molecule has 0 aliphatic heterocycles. The molecule has 2 atom stereocenters. The van der Waals surface area contributed by atoms with Gasteiger partial charge >= 0.3 is 0 Å². The summed E-state index contributed by atoms with van der Waals surface area (Å²) in [5, 5.41) is 4.71. The number of carbonyl (C=O) groups is 1. The molecule has 0 saturated heterocycles. The highest BCUT2D eigenvalue weighted by atomic mass is 79.9. The van der Waals surface area contributed by atoms with Crippen molar-refractivity contribution in [2.24, 2.45) is 5.92 Å². The van der Waals surface area contributed by atoms with Crippen molar-refractivity contribution >= 4 is 33.4 Å². The summed E-state index contributed by atoms with van der Waals surface area (Å²) in [5.74, 6) is 0.561. The lowest BCUT2D eigenvalue weighted by Gasteiger charge is -2.19. The van der Waals surface area contributed by atoms with Crippen molar-refractivity contribution in [2.75, 3.05) is 5.33 Å². The van der Waals surface area contributed by atoms with Crippen molar-refractivity contribution in [1.82, 2.24) is 5.32 Å². The van der Waals surface area contributed by atoms with Gasteiger partial charge in [-0.1, -0.05) is 34.0 Å². The summed E-state index contributed by atoms with van der Waals surface area (Å²) in [7, 11) is 0. The predicted molar refractivity (Wildman–Crippen MR) is 73.8 cm³/mol. The van der Waals surface area contributed by atoms with Crippen LogP contribution in [0.2, 0.25) is 5.02 Å². The summed E-state index contributed by atoms with van der Waals surface area (Å²) in [6.07, 6.45) is 3.47. The average Bonchev–Trinajstić information content (AvgIpc) is 2.77. The number of benzene rings is 1. The van der Waals surface area contributed by atoms with Gasteiger partial charge in [-0.3, -0.25) is 4.79 Å². The van der Waals surface area contributed by atoms with Crippen LogP contribution >= 0.6 is 27.5 Å². The van der Waals surface area contributed by atoms with Crippen LogP contribution in [0.3, 0.4) is 0 Å². The molecule has 0 heterocycles. The first-order chi connectivity index (χ1) is 8.20. The molecular weight excluding hydrogens is 302 g/mol. The zero-order valence-electron chi connectivity index (χ0n) is 9.46. The normalized spacial score (nSPS) is 23.6. The second-order valence-electron chi connectivity index (χ2n) is 4.43. The summed E-state index contributed by atoms with van der Waals surface area (Å²) < 4.78 is 0. The molecule has 0 bridgehead atoms. The van der Waals surface area contributed by atoms with Crippen LogP contribution in [0.25, 0.3) is 0 Å². The Kier molecular flexibility index (Phi) is 4.46. The van der Waals surface area contributed by atoms with Crippen LogP contribution < -0.4 is 5.32 Å². The van der Waals surface area contributed by atoms with Gasteiger partial charge < -0.3 is 5.32 Å². The Morgan fingerprint density at radius 2 is 2.06 bits per heavy atom. The zero-order valence-corrected chi connectivity index (χ0v) is 11.8. The standard InChI is InChI=1S/C13H15BrClNO/c14-8-10-2-1-3-12(10)16-13(17)9-4-6-11(15)7-5-9/h4-7,10,12H,1-3,8H2,(H,16,17). The molecule has 1 aliphatic carbocycles. The van der Waals surface area contributed by atoms with Crippen LogP contribution in [0, 0.1) is 5.92 Å². The Bertz CT molecular complexity index is 393. The summed E-state index contributed by atoms with van der Waals surface area (Å²) in [6, 6.07) is 7.31. The van der Waals surface area contributed by atoms with E-state index < -0.39 is 0 Å². The second kappa shape index (κ2) is 5.87. The zero-order chi connectivity index (χ0) is 12.3. The van der Waals surface area contributed by atoms with Crippen molar-refractivity contribution in [1.29, 1.82) is 0 Å². The van der Waals surface area contributed by atoms with Crippen LogP contribution in [-0.4, -0.2) is 17.3 Å². The Morgan fingerprint density at radius 3 is 2.71 bits per heavy atom. The van der Waals surface area contributed by atoms with E-state index in [4.69, 9.17) is 11.6 Å². The van der Waals surface area contributed by atoms with E-state index in [9.17, 15) is 4.79 Å². The van der Waals surface area contributed by atoms with Crippen molar-refractivity contribution < 1.29 is 4.79 Å². The van der Waals surface area contributed by atoms with Gasteiger partial charge in [-0.25, -0.2) is 0 Å². The highest BCUT2D eigenvalue weighted by Gasteiger charge is 2.27. The Morgan fingerprint density at radius 1 is 1.35 bits per heavy atom. The van der Waals surface area contributed by atoms with E-state index in [2.05, 4.69) is 21.2 Å². The largest absolute Gasteiger partial charge is 0.349 e. The lowest BCUT2D eigenvalue weighted by atomic mass is 10.1. The SMILES string of the molecule is O=C(NC1CCCC1CBr)c1ccc(Cl)cc1. The highest BCUT2D eigenvalue weighted by Crippen LogP contribution is 2.27. The summed E-state index contributed by atoms with van der Waals surface area (Å²) in [4.78, 5) is 12.0. The van der Waals surface area contributed by atoms with Crippen molar-refractivity contribution in [3.63, 3.8) is 0 Å². The Labute approximate surface area is 115 Å². The minimum absolute atomic E-state index is 0.000448. The molecule has 1 aliphatic rings.